The summed E-state index contributed by atoms with van der Waals surface area (Å²) >= 11 is 1.03. The lowest BCUT2D eigenvalue weighted by Gasteiger charge is -2.00. The molecule has 1 amide bonds. The van der Waals surface area contributed by atoms with E-state index < -0.39 is 15.9 Å². The van der Waals surface area contributed by atoms with Crippen LogP contribution in [0.1, 0.15) is 4.88 Å². The fourth-order valence-electron chi connectivity index (χ4n) is 2.04. The fraction of sp³-hybridized carbons (Fsp3) is 0.0667. The van der Waals surface area contributed by atoms with Crippen molar-refractivity contribution in [3.05, 3.63) is 59.7 Å². The van der Waals surface area contributed by atoms with Gasteiger partial charge >= 0.3 is 6.09 Å². The van der Waals surface area contributed by atoms with E-state index in [2.05, 4.69) is 10.4 Å². The van der Waals surface area contributed by atoms with E-state index in [9.17, 15) is 13.2 Å². The quantitative estimate of drug-likeness (QED) is 0.725. The van der Waals surface area contributed by atoms with E-state index in [0.29, 0.717) is 4.88 Å². The third kappa shape index (κ3) is 3.31. The Balaban J connectivity index is 1.86. The Kier molecular flexibility index (Phi) is 4.36. The largest absolute Gasteiger partial charge is 0.465 e. The zero-order chi connectivity index (χ0) is 17.2. The molecule has 2 N–H and O–H groups in total. The molecule has 0 atom stereocenters. The van der Waals surface area contributed by atoms with Gasteiger partial charge in [-0.15, -0.1) is 11.3 Å². The minimum atomic E-state index is -3.68. The molecular formula is C15H13N3O4S2. The molecule has 0 saturated carbocycles. The Bertz CT molecular complexity index is 962. The summed E-state index contributed by atoms with van der Waals surface area (Å²) in [4.78, 5) is 11.2. The Morgan fingerprint density at radius 3 is 2.67 bits per heavy atom. The normalized spacial score (nSPS) is 11.3. The smallest absolute Gasteiger partial charge is 0.404 e. The minimum absolute atomic E-state index is 0.0683. The molecule has 3 rings (SSSR count). The maximum atomic E-state index is 12.7. The molecule has 124 valence electrons. The van der Waals surface area contributed by atoms with E-state index in [0.717, 1.165) is 17.0 Å². The third-order valence-corrected chi connectivity index (χ3v) is 6.49. The lowest BCUT2D eigenvalue weighted by Crippen LogP contribution is -2.19. The third-order valence-electron chi connectivity index (χ3n) is 3.21. The standard InChI is InChI=1S/C15H13N3O4S2/c19-15(20)16-8-12-6-7-14(23-12)24(21,22)13-9-17-18(10-13)11-4-2-1-3-5-11/h1-7,9-10,16H,8H2,(H,19,20). The van der Waals surface area contributed by atoms with Crippen molar-refractivity contribution >= 4 is 27.3 Å². The van der Waals surface area contributed by atoms with Crippen LogP contribution in [0.3, 0.4) is 0 Å². The number of nitrogens with one attached hydrogen (secondary N) is 1. The number of aromatic nitrogens is 2. The molecule has 0 fully saturated rings. The van der Waals surface area contributed by atoms with Crippen molar-refractivity contribution in [1.29, 1.82) is 0 Å². The summed E-state index contributed by atoms with van der Waals surface area (Å²) in [6, 6.07) is 12.3. The molecule has 3 aromatic rings. The van der Waals surface area contributed by atoms with E-state index in [1.807, 2.05) is 30.3 Å². The van der Waals surface area contributed by atoms with Crippen LogP contribution in [0.2, 0.25) is 0 Å². The highest BCUT2D eigenvalue weighted by Gasteiger charge is 2.22. The van der Waals surface area contributed by atoms with Gasteiger partial charge in [-0.25, -0.2) is 17.9 Å². The van der Waals surface area contributed by atoms with Gasteiger partial charge in [0.1, 0.15) is 9.10 Å². The maximum absolute atomic E-state index is 12.7. The minimum Gasteiger partial charge on any atom is -0.465 e. The molecule has 0 unspecified atom stereocenters. The van der Waals surface area contributed by atoms with Crippen LogP contribution >= 0.6 is 11.3 Å². The summed E-state index contributed by atoms with van der Waals surface area (Å²) in [6.07, 6.45) is 1.61. The molecule has 0 radical (unpaired) electrons. The molecule has 24 heavy (non-hydrogen) atoms. The predicted octanol–water partition coefficient (Wildman–Crippen LogP) is 2.53. The van der Waals surface area contributed by atoms with Gasteiger partial charge in [0, 0.05) is 11.1 Å². The maximum Gasteiger partial charge on any atom is 0.404 e. The second kappa shape index (κ2) is 6.46. The van der Waals surface area contributed by atoms with Gasteiger partial charge in [0.25, 0.3) is 0 Å². The number of carboxylic acid groups (broad SMARTS) is 1. The highest BCUT2D eigenvalue weighted by molar-refractivity contribution is 7.93. The molecule has 0 aliphatic heterocycles. The number of thiophene rings is 1. The number of hydrogen-bond acceptors (Lipinski definition) is 5. The van der Waals surface area contributed by atoms with Crippen LogP contribution in [0.25, 0.3) is 5.69 Å². The Morgan fingerprint density at radius 2 is 1.96 bits per heavy atom. The first-order valence-electron chi connectivity index (χ1n) is 6.87. The number of benzene rings is 1. The average molecular weight is 363 g/mol. The first kappa shape index (κ1) is 16.2. The van der Waals surface area contributed by atoms with E-state index in [4.69, 9.17) is 5.11 Å². The molecular weight excluding hydrogens is 350 g/mol. The van der Waals surface area contributed by atoms with Crippen LogP contribution in [-0.4, -0.2) is 29.4 Å². The first-order chi connectivity index (χ1) is 11.5. The van der Waals surface area contributed by atoms with Crippen LogP contribution in [0.4, 0.5) is 4.79 Å². The zero-order valence-electron chi connectivity index (χ0n) is 12.3. The number of hydrogen-bond donors (Lipinski definition) is 2. The van der Waals surface area contributed by atoms with Crippen LogP contribution in [0.5, 0.6) is 0 Å². The Hall–Kier alpha value is -2.65. The average Bonchev–Trinajstić information content (AvgIpc) is 3.24. The molecule has 2 aromatic heterocycles. The van der Waals surface area contributed by atoms with Crippen molar-refractivity contribution in [3.63, 3.8) is 0 Å². The number of nitrogens with zero attached hydrogens (tertiary/aromatic N) is 2. The molecule has 7 nitrogen and oxygen atoms in total. The number of para-hydroxylation sites is 1. The van der Waals surface area contributed by atoms with Crippen molar-refractivity contribution in [2.24, 2.45) is 0 Å². The summed E-state index contributed by atoms with van der Waals surface area (Å²) in [5, 5.41) is 14.9. The summed E-state index contributed by atoms with van der Waals surface area (Å²) in [5.41, 5.74) is 0.761. The second-order valence-corrected chi connectivity index (χ2v) is 8.18. The lowest BCUT2D eigenvalue weighted by atomic mass is 10.3. The molecule has 2 heterocycles. The summed E-state index contributed by atoms with van der Waals surface area (Å²) in [5.74, 6) is 0. The highest BCUT2D eigenvalue weighted by Crippen LogP contribution is 2.28. The monoisotopic (exact) mass is 363 g/mol. The Labute approximate surface area is 142 Å². The molecule has 0 bridgehead atoms. The molecule has 9 heteroatoms. The first-order valence-corrected chi connectivity index (χ1v) is 9.17. The van der Waals surface area contributed by atoms with Crippen molar-refractivity contribution in [2.45, 2.75) is 15.6 Å². The number of rotatable bonds is 5. The van der Waals surface area contributed by atoms with Gasteiger partial charge in [-0.05, 0) is 24.3 Å². The van der Waals surface area contributed by atoms with Crippen molar-refractivity contribution < 1.29 is 18.3 Å². The molecule has 0 saturated heterocycles. The summed E-state index contributed by atoms with van der Waals surface area (Å²) < 4.78 is 26.9. The van der Waals surface area contributed by atoms with E-state index in [1.54, 1.807) is 6.07 Å². The summed E-state index contributed by atoms with van der Waals surface area (Å²) in [7, 11) is -3.68. The van der Waals surface area contributed by atoms with Crippen LogP contribution in [0.15, 0.2) is 64.0 Å². The fourth-order valence-corrected chi connectivity index (χ4v) is 4.67. The van der Waals surface area contributed by atoms with Crippen molar-refractivity contribution in [1.82, 2.24) is 15.1 Å². The van der Waals surface area contributed by atoms with Gasteiger partial charge in [0.2, 0.25) is 9.84 Å². The van der Waals surface area contributed by atoms with Gasteiger partial charge in [0.05, 0.1) is 18.4 Å². The molecule has 0 aliphatic carbocycles. The van der Waals surface area contributed by atoms with Crippen LogP contribution in [0, 0.1) is 0 Å². The molecule has 0 spiro atoms. The van der Waals surface area contributed by atoms with Gasteiger partial charge in [-0.2, -0.15) is 5.10 Å². The van der Waals surface area contributed by atoms with E-state index in [1.165, 1.54) is 23.1 Å². The molecule has 0 aliphatic rings. The number of sulfone groups is 1. The second-order valence-electron chi connectivity index (χ2n) is 4.84. The number of amides is 1. The molecule has 1 aromatic carbocycles. The van der Waals surface area contributed by atoms with E-state index >= 15 is 0 Å². The van der Waals surface area contributed by atoms with E-state index in [-0.39, 0.29) is 15.6 Å². The van der Waals surface area contributed by atoms with Crippen molar-refractivity contribution in [2.75, 3.05) is 0 Å². The van der Waals surface area contributed by atoms with Crippen LogP contribution < -0.4 is 5.32 Å². The lowest BCUT2D eigenvalue weighted by molar-refractivity contribution is 0.194. The summed E-state index contributed by atoms with van der Waals surface area (Å²) in [6.45, 7) is 0.0683. The van der Waals surface area contributed by atoms with Gasteiger partial charge < -0.3 is 10.4 Å². The zero-order valence-corrected chi connectivity index (χ0v) is 13.9. The predicted molar refractivity (Wildman–Crippen MR) is 88.2 cm³/mol. The Morgan fingerprint density at radius 1 is 1.21 bits per heavy atom. The number of carbonyl (C=O) groups is 1. The van der Waals surface area contributed by atoms with Gasteiger partial charge in [-0.3, -0.25) is 0 Å². The van der Waals surface area contributed by atoms with Crippen molar-refractivity contribution in [3.8, 4) is 5.69 Å². The highest BCUT2D eigenvalue weighted by atomic mass is 32.2. The topological polar surface area (TPSA) is 101 Å². The van der Waals surface area contributed by atoms with Gasteiger partial charge in [-0.1, -0.05) is 18.2 Å². The van der Waals surface area contributed by atoms with Crippen LogP contribution in [-0.2, 0) is 16.4 Å². The van der Waals surface area contributed by atoms with Gasteiger partial charge in [0.15, 0.2) is 0 Å². The SMILES string of the molecule is O=C(O)NCc1ccc(S(=O)(=O)c2cnn(-c3ccccc3)c2)s1.